The van der Waals surface area contributed by atoms with E-state index in [0.29, 0.717) is 19.1 Å². The van der Waals surface area contributed by atoms with Crippen molar-refractivity contribution in [1.29, 1.82) is 0 Å². The van der Waals surface area contributed by atoms with Crippen molar-refractivity contribution in [2.45, 2.75) is 64.6 Å². The fourth-order valence-corrected chi connectivity index (χ4v) is 2.24. The molecule has 1 heterocycles. The van der Waals surface area contributed by atoms with E-state index in [1.807, 2.05) is 25.7 Å². The molecule has 0 aliphatic carbocycles. The van der Waals surface area contributed by atoms with E-state index in [4.69, 9.17) is 10.5 Å². The van der Waals surface area contributed by atoms with Gasteiger partial charge in [-0.15, -0.1) is 0 Å². The molecule has 3 N–H and O–H groups in total. The van der Waals surface area contributed by atoms with Crippen LogP contribution in [-0.2, 0) is 4.74 Å². The van der Waals surface area contributed by atoms with Crippen LogP contribution in [0.25, 0.3) is 0 Å². The lowest BCUT2D eigenvalue weighted by molar-refractivity contribution is 0.0242. The van der Waals surface area contributed by atoms with Gasteiger partial charge in [0, 0.05) is 31.7 Å². The predicted octanol–water partition coefficient (Wildman–Crippen LogP) is 1.71. The number of nitrogens with two attached hydrogens (primary N) is 1. The van der Waals surface area contributed by atoms with Crippen LogP contribution in [0.3, 0.4) is 0 Å². The van der Waals surface area contributed by atoms with Crippen molar-refractivity contribution in [3.63, 3.8) is 0 Å². The van der Waals surface area contributed by atoms with Crippen molar-refractivity contribution >= 4 is 6.09 Å². The van der Waals surface area contributed by atoms with E-state index in [-0.39, 0.29) is 12.1 Å². The molecule has 0 aromatic carbocycles. The Morgan fingerprint density at radius 3 is 2.74 bits per heavy atom. The van der Waals surface area contributed by atoms with Crippen molar-refractivity contribution < 1.29 is 9.53 Å². The lowest BCUT2D eigenvalue weighted by Gasteiger charge is -2.29. The molecule has 0 aromatic rings. The molecule has 1 aliphatic heterocycles. The van der Waals surface area contributed by atoms with Crippen molar-refractivity contribution in [3.05, 3.63) is 0 Å². The minimum absolute atomic E-state index is 0.207. The first kappa shape index (κ1) is 16.2. The number of likely N-dealkylation sites (tertiary alicyclic amines) is 1. The molecule has 0 bridgehead atoms. The van der Waals surface area contributed by atoms with Gasteiger partial charge in [-0.1, -0.05) is 6.42 Å². The monoisotopic (exact) mass is 271 g/mol. The van der Waals surface area contributed by atoms with Gasteiger partial charge < -0.3 is 20.7 Å². The zero-order chi connectivity index (χ0) is 14.5. The first-order chi connectivity index (χ1) is 8.81. The Kier molecular flexibility index (Phi) is 6.07. The van der Waals surface area contributed by atoms with Crippen molar-refractivity contribution in [2.24, 2.45) is 5.73 Å². The van der Waals surface area contributed by atoms with Gasteiger partial charge >= 0.3 is 6.09 Å². The number of nitrogens with zero attached hydrogens (tertiary/aromatic N) is 1. The zero-order valence-electron chi connectivity index (χ0n) is 12.7. The maximum atomic E-state index is 12.1. The quantitative estimate of drug-likeness (QED) is 0.820. The molecule has 5 nitrogen and oxygen atoms in total. The SMILES string of the molecule is CC(CN)NC1CCCCN(C(=O)OC(C)(C)C)C1. The van der Waals surface area contributed by atoms with E-state index < -0.39 is 5.60 Å². The topological polar surface area (TPSA) is 67.6 Å². The molecule has 1 rings (SSSR count). The summed E-state index contributed by atoms with van der Waals surface area (Å²) in [5.74, 6) is 0. The van der Waals surface area contributed by atoms with Crippen LogP contribution in [-0.4, -0.2) is 48.3 Å². The number of carbonyl (C=O) groups excluding carboxylic acids is 1. The summed E-state index contributed by atoms with van der Waals surface area (Å²) in [6, 6.07) is 0.595. The lowest BCUT2D eigenvalue weighted by Crippen LogP contribution is -2.48. The summed E-state index contributed by atoms with van der Waals surface area (Å²) >= 11 is 0. The highest BCUT2D eigenvalue weighted by atomic mass is 16.6. The lowest BCUT2D eigenvalue weighted by atomic mass is 10.1. The van der Waals surface area contributed by atoms with E-state index in [1.54, 1.807) is 0 Å². The van der Waals surface area contributed by atoms with Gasteiger partial charge in [0.15, 0.2) is 0 Å². The maximum Gasteiger partial charge on any atom is 0.410 e. The molecule has 5 heteroatoms. The Morgan fingerprint density at radius 2 is 2.16 bits per heavy atom. The van der Waals surface area contributed by atoms with Crippen LogP contribution >= 0.6 is 0 Å². The third-order valence-corrected chi connectivity index (χ3v) is 3.20. The highest BCUT2D eigenvalue weighted by Crippen LogP contribution is 2.15. The molecule has 0 radical (unpaired) electrons. The second kappa shape index (κ2) is 7.10. The average Bonchev–Trinajstić information content (AvgIpc) is 2.52. The molecular weight excluding hydrogens is 242 g/mol. The van der Waals surface area contributed by atoms with Gasteiger partial charge in [0.05, 0.1) is 0 Å². The van der Waals surface area contributed by atoms with Gasteiger partial charge in [-0.2, -0.15) is 0 Å². The molecule has 0 spiro atoms. The van der Waals surface area contributed by atoms with E-state index in [1.165, 1.54) is 0 Å². The van der Waals surface area contributed by atoms with Crippen LogP contribution in [0.5, 0.6) is 0 Å². The Morgan fingerprint density at radius 1 is 1.47 bits per heavy atom. The highest BCUT2D eigenvalue weighted by Gasteiger charge is 2.26. The molecular formula is C14H29N3O2. The summed E-state index contributed by atoms with van der Waals surface area (Å²) in [4.78, 5) is 13.9. The molecule has 112 valence electrons. The third kappa shape index (κ3) is 6.25. The molecule has 1 fully saturated rings. The summed E-state index contributed by atoms with van der Waals surface area (Å²) in [5.41, 5.74) is 5.20. The molecule has 1 aliphatic rings. The minimum Gasteiger partial charge on any atom is -0.444 e. The Labute approximate surface area is 116 Å². The number of carbonyl (C=O) groups is 1. The van der Waals surface area contributed by atoms with E-state index in [9.17, 15) is 4.79 Å². The van der Waals surface area contributed by atoms with Gasteiger partial charge in [-0.3, -0.25) is 0 Å². The van der Waals surface area contributed by atoms with Crippen LogP contribution < -0.4 is 11.1 Å². The number of nitrogens with one attached hydrogen (secondary N) is 1. The van der Waals surface area contributed by atoms with Crippen molar-refractivity contribution in [3.8, 4) is 0 Å². The zero-order valence-corrected chi connectivity index (χ0v) is 12.7. The standard InChI is InChI=1S/C14H29N3O2/c1-11(9-15)16-12-7-5-6-8-17(10-12)13(18)19-14(2,3)4/h11-12,16H,5-10,15H2,1-4H3. The Bertz CT molecular complexity index is 289. The largest absolute Gasteiger partial charge is 0.444 e. The highest BCUT2D eigenvalue weighted by molar-refractivity contribution is 5.68. The smallest absolute Gasteiger partial charge is 0.410 e. The van der Waals surface area contributed by atoms with Gasteiger partial charge in [0.2, 0.25) is 0 Å². The van der Waals surface area contributed by atoms with Crippen molar-refractivity contribution in [1.82, 2.24) is 10.2 Å². The molecule has 19 heavy (non-hydrogen) atoms. The first-order valence-corrected chi connectivity index (χ1v) is 7.26. The minimum atomic E-state index is -0.434. The number of rotatable bonds is 3. The van der Waals surface area contributed by atoms with Crippen LogP contribution in [0.1, 0.15) is 47.0 Å². The second-order valence-corrected chi connectivity index (χ2v) is 6.42. The molecule has 0 aromatic heterocycles. The summed E-state index contributed by atoms with van der Waals surface area (Å²) in [6.07, 6.45) is 3.05. The first-order valence-electron chi connectivity index (χ1n) is 7.26. The number of amides is 1. The number of hydrogen-bond acceptors (Lipinski definition) is 4. The normalized spacial score (nSPS) is 22.8. The van der Waals surface area contributed by atoms with Gasteiger partial charge in [-0.25, -0.2) is 4.79 Å². The fraction of sp³-hybridized carbons (Fsp3) is 0.929. The van der Waals surface area contributed by atoms with Crippen molar-refractivity contribution in [2.75, 3.05) is 19.6 Å². The van der Waals surface area contributed by atoms with E-state index in [2.05, 4.69) is 12.2 Å². The maximum absolute atomic E-state index is 12.1. The summed E-state index contributed by atoms with van der Waals surface area (Å²) < 4.78 is 5.45. The van der Waals surface area contributed by atoms with Crippen LogP contribution in [0.15, 0.2) is 0 Å². The molecule has 0 saturated carbocycles. The van der Waals surface area contributed by atoms with E-state index in [0.717, 1.165) is 25.8 Å². The molecule has 2 atom stereocenters. The fourth-order valence-electron chi connectivity index (χ4n) is 2.24. The number of ether oxygens (including phenoxy) is 1. The summed E-state index contributed by atoms with van der Waals surface area (Å²) in [7, 11) is 0. The third-order valence-electron chi connectivity index (χ3n) is 3.20. The Hall–Kier alpha value is -0.810. The van der Waals surface area contributed by atoms with E-state index >= 15 is 0 Å². The second-order valence-electron chi connectivity index (χ2n) is 6.42. The summed E-state index contributed by atoms with van der Waals surface area (Å²) in [5, 5.41) is 3.48. The molecule has 1 saturated heterocycles. The Balaban J connectivity index is 2.55. The summed E-state index contributed by atoms with van der Waals surface area (Å²) in [6.45, 7) is 9.87. The number of hydrogen-bond donors (Lipinski definition) is 2. The molecule has 2 unspecified atom stereocenters. The predicted molar refractivity (Wildman–Crippen MR) is 77.1 cm³/mol. The van der Waals surface area contributed by atoms with Crippen LogP contribution in [0.4, 0.5) is 4.79 Å². The average molecular weight is 271 g/mol. The van der Waals surface area contributed by atoms with Crippen LogP contribution in [0.2, 0.25) is 0 Å². The van der Waals surface area contributed by atoms with Gasteiger partial charge in [-0.05, 0) is 40.5 Å². The van der Waals surface area contributed by atoms with Gasteiger partial charge in [0.1, 0.15) is 5.60 Å². The molecule has 1 amide bonds. The van der Waals surface area contributed by atoms with Crippen LogP contribution in [0, 0.1) is 0 Å². The van der Waals surface area contributed by atoms with Gasteiger partial charge in [0.25, 0.3) is 0 Å².